The standard InChI is InChI=1S/C16H17N3/c1-11-7-3-4-8-12(11)16-18-14-10-6-5-9-13(14)15(17-2)19-16/h3-10,16,18H,1-2H3,(H,17,19). The van der Waals surface area contributed by atoms with Gasteiger partial charge in [-0.2, -0.15) is 0 Å². The highest BCUT2D eigenvalue weighted by Crippen LogP contribution is 2.27. The van der Waals surface area contributed by atoms with E-state index < -0.39 is 0 Å². The second-order valence-electron chi connectivity index (χ2n) is 4.70. The maximum atomic E-state index is 4.36. The van der Waals surface area contributed by atoms with Crippen LogP contribution in [0.4, 0.5) is 5.69 Å². The normalized spacial score (nSPS) is 19.5. The van der Waals surface area contributed by atoms with Crippen molar-refractivity contribution in [3.05, 3.63) is 65.2 Å². The van der Waals surface area contributed by atoms with Crippen molar-refractivity contribution in [2.45, 2.75) is 13.1 Å². The lowest BCUT2D eigenvalue weighted by Gasteiger charge is -2.31. The Kier molecular flexibility index (Phi) is 2.95. The Morgan fingerprint density at radius 2 is 1.68 bits per heavy atom. The van der Waals surface area contributed by atoms with Crippen molar-refractivity contribution < 1.29 is 0 Å². The zero-order valence-electron chi connectivity index (χ0n) is 11.1. The Balaban J connectivity index is 2.03. The zero-order chi connectivity index (χ0) is 13.2. The summed E-state index contributed by atoms with van der Waals surface area (Å²) in [4.78, 5) is 4.36. The first-order valence-corrected chi connectivity index (χ1v) is 6.44. The molecule has 0 radical (unpaired) electrons. The highest BCUT2D eigenvalue weighted by molar-refractivity contribution is 6.05. The maximum Gasteiger partial charge on any atom is 0.131 e. The van der Waals surface area contributed by atoms with Crippen molar-refractivity contribution in [3.8, 4) is 0 Å². The summed E-state index contributed by atoms with van der Waals surface area (Å²) in [5.74, 6) is 0.933. The van der Waals surface area contributed by atoms with Crippen LogP contribution < -0.4 is 10.6 Å². The lowest BCUT2D eigenvalue weighted by molar-refractivity contribution is 0.715. The van der Waals surface area contributed by atoms with Gasteiger partial charge < -0.3 is 10.6 Å². The minimum absolute atomic E-state index is 0.0646. The Morgan fingerprint density at radius 1 is 0.947 bits per heavy atom. The largest absolute Gasteiger partial charge is 0.361 e. The highest BCUT2D eigenvalue weighted by Gasteiger charge is 2.23. The molecular formula is C16H17N3. The van der Waals surface area contributed by atoms with Crippen molar-refractivity contribution in [3.63, 3.8) is 0 Å². The van der Waals surface area contributed by atoms with E-state index in [1.807, 2.05) is 19.2 Å². The molecule has 1 aliphatic heterocycles. The third kappa shape index (κ3) is 2.08. The maximum absolute atomic E-state index is 4.36. The number of hydrogen-bond donors (Lipinski definition) is 2. The number of anilines is 1. The number of aliphatic imine (C=N–C) groups is 1. The minimum atomic E-state index is 0.0646. The molecule has 0 bridgehead atoms. The predicted molar refractivity (Wildman–Crippen MR) is 79.6 cm³/mol. The number of aryl methyl sites for hydroxylation is 1. The van der Waals surface area contributed by atoms with Crippen molar-refractivity contribution in [2.75, 3.05) is 12.4 Å². The summed E-state index contributed by atoms with van der Waals surface area (Å²) in [7, 11) is 1.82. The summed E-state index contributed by atoms with van der Waals surface area (Å²) in [5, 5.41) is 6.98. The molecule has 0 aromatic heterocycles. The van der Waals surface area contributed by atoms with E-state index in [1.54, 1.807) is 0 Å². The third-order valence-electron chi connectivity index (χ3n) is 3.49. The van der Waals surface area contributed by atoms with Crippen LogP contribution in [0.25, 0.3) is 0 Å². The summed E-state index contributed by atoms with van der Waals surface area (Å²) in [6.45, 7) is 2.13. The van der Waals surface area contributed by atoms with Crippen LogP contribution >= 0.6 is 0 Å². The Morgan fingerprint density at radius 3 is 2.47 bits per heavy atom. The lowest BCUT2D eigenvalue weighted by Crippen LogP contribution is -2.39. The molecule has 3 heteroatoms. The van der Waals surface area contributed by atoms with Gasteiger partial charge >= 0.3 is 0 Å². The first kappa shape index (κ1) is 11.8. The molecule has 0 amide bonds. The topological polar surface area (TPSA) is 36.4 Å². The Labute approximate surface area is 113 Å². The molecule has 2 aromatic rings. The molecule has 1 atom stereocenters. The van der Waals surface area contributed by atoms with E-state index in [4.69, 9.17) is 0 Å². The van der Waals surface area contributed by atoms with Gasteiger partial charge in [-0.3, -0.25) is 4.99 Å². The van der Waals surface area contributed by atoms with Crippen molar-refractivity contribution >= 4 is 11.5 Å². The van der Waals surface area contributed by atoms with Gasteiger partial charge in [-0.25, -0.2) is 0 Å². The van der Waals surface area contributed by atoms with Crippen LogP contribution in [-0.4, -0.2) is 12.9 Å². The van der Waals surface area contributed by atoms with Crippen molar-refractivity contribution in [1.82, 2.24) is 5.32 Å². The van der Waals surface area contributed by atoms with Gasteiger partial charge in [0.1, 0.15) is 12.0 Å². The zero-order valence-corrected chi connectivity index (χ0v) is 11.1. The fourth-order valence-electron chi connectivity index (χ4n) is 2.47. The molecule has 0 fully saturated rings. The second-order valence-corrected chi connectivity index (χ2v) is 4.70. The molecule has 3 nitrogen and oxygen atoms in total. The second kappa shape index (κ2) is 4.76. The fraction of sp³-hybridized carbons (Fsp3) is 0.188. The molecule has 19 heavy (non-hydrogen) atoms. The smallest absolute Gasteiger partial charge is 0.131 e. The monoisotopic (exact) mass is 251 g/mol. The van der Waals surface area contributed by atoms with Gasteiger partial charge in [-0.05, 0) is 30.2 Å². The van der Waals surface area contributed by atoms with Gasteiger partial charge in [0.05, 0.1) is 0 Å². The molecule has 0 saturated heterocycles. The average Bonchev–Trinajstić information content (AvgIpc) is 2.46. The van der Waals surface area contributed by atoms with Gasteiger partial charge in [0.2, 0.25) is 0 Å². The molecule has 2 N–H and O–H groups in total. The van der Waals surface area contributed by atoms with Crippen LogP contribution in [0.1, 0.15) is 22.9 Å². The number of para-hydroxylation sites is 1. The first-order chi connectivity index (χ1) is 9.29. The lowest BCUT2D eigenvalue weighted by atomic mass is 10.0. The SMILES string of the molecule is CN=C1NC(c2ccccc2C)Nc2ccccc21. The Hall–Kier alpha value is -2.29. The van der Waals surface area contributed by atoms with E-state index in [1.165, 1.54) is 11.1 Å². The minimum Gasteiger partial charge on any atom is -0.361 e. The van der Waals surface area contributed by atoms with Crippen LogP contribution in [-0.2, 0) is 0 Å². The summed E-state index contributed by atoms with van der Waals surface area (Å²) < 4.78 is 0. The van der Waals surface area contributed by atoms with Crippen LogP contribution in [0.5, 0.6) is 0 Å². The third-order valence-corrected chi connectivity index (χ3v) is 3.49. The van der Waals surface area contributed by atoms with Crippen molar-refractivity contribution in [1.29, 1.82) is 0 Å². The van der Waals surface area contributed by atoms with E-state index in [0.29, 0.717) is 0 Å². The number of hydrogen-bond acceptors (Lipinski definition) is 2. The molecule has 0 saturated carbocycles. The summed E-state index contributed by atoms with van der Waals surface area (Å²) in [6.07, 6.45) is 0.0646. The fourth-order valence-corrected chi connectivity index (χ4v) is 2.47. The van der Waals surface area contributed by atoms with Gasteiger partial charge in [-0.1, -0.05) is 36.4 Å². The van der Waals surface area contributed by atoms with Gasteiger partial charge in [0, 0.05) is 18.3 Å². The number of nitrogens with zero attached hydrogens (tertiary/aromatic N) is 1. The van der Waals surface area contributed by atoms with Gasteiger partial charge in [0.25, 0.3) is 0 Å². The first-order valence-electron chi connectivity index (χ1n) is 6.44. The van der Waals surface area contributed by atoms with Gasteiger partial charge in [-0.15, -0.1) is 0 Å². The molecule has 96 valence electrons. The molecule has 0 aliphatic carbocycles. The molecule has 1 aliphatic rings. The molecule has 2 aromatic carbocycles. The molecule has 1 unspecified atom stereocenters. The van der Waals surface area contributed by atoms with E-state index in [9.17, 15) is 0 Å². The molecular weight excluding hydrogens is 234 g/mol. The van der Waals surface area contributed by atoms with E-state index in [2.05, 4.69) is 58.9 Å². The number of benzene rings is 2. The summed E-state index contributed by atoms with van der Waals surface area (Å²) >= 11 is 0. The Bertz CT molecular complexity index is 631. The summed E-state index contributed by atoms with van der Waals surface area (Å²) in [6, 6.07) is 16.6. The number of rotatable bonds is 1. The number of amidine groups is 1. The van der Waals surface area contributed by atoms with Crippen LogP contribution in [0.2, 0.25) is 0 Å². The molecule has 0 spiro atoms. The number of nitrogens with one attached hydrogen (secondary N) is 2. The molecule has 3 rings (SSSR count). The molecule has 1 heterocycles. The van der Waals surface area contributed by atoms with E-state index in [-0.39, 0.29) is 6.17 Å². The van der Waals surface area contributed by atoms with Crippen LogP contribution in [0.15, 0.2) is 53.5 Å². The van der Waals surface area contributed by atoms with Crippen LogP contribution in [0.3, 0.4) is 0 Å². The van der Waals surface area contributed by atoms with Gasteiger partial charge in [0.15, 0.2) is 0 Å². The summed E-state index contributed by atoms with van der Waals surface area (Å²) in [5.41, 5.74) is 4.76. The van der Waals surface area contributed by atoms with Crippen molar-refractivity contribution in [2.24, 2.45) is 4.99 Å². The van der Waals surface area contributed by atoms with Crippen LogP contribution in [0, 0.1) is 6.92 Å². The number of fused-ring (bicyclic) bond motifs is 1. The predicted octanol–water partition coefficient (Wildman–Crippen LogP) is 3.09. The van der Waals surface area contributed by atoms with E-state index in [0.717, 1.165) is 17.1 Å². The van der Waals surface area contributed by atoms with E-state index >= 15 is 0 Å². The highest BCUT2D eigenvalue weighted by atomic mass is 15.2. The average molecular weight is 251 g/mol. The quantitative estimate of drug-likeness (QED) is 0.817.